The van der Waals surface area contributed by atoms with Gasteiger partial charge in [-0.2, -0.15) is 0 Å². The summed E-state index contributed by atoms with van der Waals surface area (Å²) >= 11 is 0. The molecule has 0 spiro atoms. The maximum atomic E-state index is 13.0. The van der Waals surface area contributed by atoms with E-state index in [-0.39, 0.29) is 23.7 Å². The van der Waals surface area contributed by atoms with Crippen LogP contribution in [0.1, 0.15) is 60.3 Å². The molecular formula is C20H38N6O4. The van der Waals surface area contributed by atoms with Crippen molar-refractivity contribution in [1.29, 1.82) is 5.41 Å². The van der Waals surface area contributed by atoms with Crippen LogP contribution in [0.3, 0.4) is 0 Å². The lowest BCUT2D eigenvalue weighted by atomic mass is 9.95. The molecule has 7 N–H and O–H groups in total. The number of carbonyl (C=O) groups is 3. The second-order valence-electron chi connectivity index (χ2n) is 8.50. The zero-order valence-electron chi connectivity index (χ0n) is 18.7. The van der Waals surface area contributed by atoms with Crippen molar-refractivity contribution in [3.63, 3.8) is 0 Å². The number of rotatable bonds is 9. The lowest BCUT2D eigenvalue weighted by Gasteiger charge is -2.39. The SMILES string of the molecule is CC[C@H](C)[C@H](NC(=O)[C@H](CC(C)C)NC(C)=O)C(=O)N[C@H]1CCCN(C(=N)N)C1O. The predicted molar refractivity (Wildman–Crippen MR) is 114 cm³/mol. The average Bonchev–Trinajstić information content (AvgIpc) is 2.65. The number of guanidine groups is 1. The van der Waals surface area contributed by atoms with Crippen LogP contribution in [-0.4, -0.2) is 64.6 Å². The number of piperidine rings is 1. The molecule has 1 unspecified atom stereocenters. The fourth-order valence-electron chi connectivity index (χ4n) is 3.57. The molecule has 1 fully saturated rings. The molecule has 1 saturated heterocycles. The van der Waals surface area contributed by atoms with Crippen molar-refractivity contribution in [2.75, 3.05) is 6.54 Å². The average molecular weight is 427 g/mol. The number of hydrogen-bond acceptors (Lipinski definition) is 5. The van der Waals surface area contributed by atoms with Crippen LogP contribution in [-0.2, 0) is 14.4 Å². The lowest BCUT2D eigenvalue weighted by molar-refractivity contribution is -0.134. The highest BCUT2D eigenvalue weighted by molar-refractivity contribution is 5.92. The van der Waals surface area contributed by atoms with Gasteiger partial charge in [-0.3, -0.25) is 19.8 Å². The van der Waals surface area contributed by atoms with Crippen LogP contribution in [0, 0.1) is 17.2 Å². The molecular weight excluding hydrogens is 388 g/mol. The van der Waals surface area contributed by atoms with E-state index in [1.165, 1.54) is 11.8 Å². The topological polar surface area (TPSA) is 161 Å². The Labute approximate surface area is 178 Å². The van der Waals surface area contributed by atoms with Crippen LogP contribution in [0.4, 0.5) is 0 Å². The second-order valence-corrected chi connectivity index (χ2v) is 8.50. The van der Waals surface area contributed by atoms with Crippen LogP contribution >= 0.6 is 0 Å². The van der Waals surface area contributed by atoms with Crippen molar-refractivity contribution in [2.24, 2.45) is 17.6 Å². The minimum absolute atomic E-state index is 0.157. The monoisotopic (exact) mass is 426 g/mol. The zero-order chi connectivity index (χ0) is 23.0. The van der Waals surface area contributed by atoms with Crippen molar-refractivity contribution in [3.8, 4) is 0 Å². The zero-order valence-corrected chi connectivity index (χ0v) is 18.7. The predicted octanol–water partition coefficient (Wildman–Crippen LogP) is -0.139. The van der Waals surface area contributed by atoms with E-state index in [0.29, 0.717) is 32.2 Å². The number of nitrogens with two attached hydrogens (primary N) is 1. The number of hydrogen-bond donors (Lipinski definition) is 6. The third-order valence-corrected chi connectivity index (χ3v) is 5.42. The van der Waals surface area contributed by atoms with Crippen LogP contribution in [0.2, 0.25) is 0 Å². The Bertz CT molecular complexity index is 626. The number of carbonyl (C=O) groups excluding carboxylic acids is 3. The molecule has 1 rings (SSSR count). The molecule has 0 aromatic rings. The third-order valence-electron chi connectivity index (χ3n) is 5.42. The molecule has 0 bridgehead atoms. The van der Waals surface area contributed by atoms with Gasteiger partial charge >= 0.3 is 0 Å². The first-order valence-electron chi connectivity index (χ1n) is 10.6. The van der Waals surface area contributed by atoms with Gasteiger partial charge in [0.2, 0.25) is 17.7 Å². The first-order chi connectivity index (χ1) is 14.0. The number of aliphatic hydroxyl groups is 1. The second kappa shape index (κ2) is 11.7. The Morgan fingerprint density at radius 1 is 1.20 bits per heavy atom. The van der Waals surface area contributed by atoms with Crippen LogP contribution < -0.4 is 21.7 Å². The Kier molecular flexibility index (Phi) is 10.0. The summed E-state index contributed by atoms with van der Waals surface area (Å²) in [6.45, 7) is 9.48. The van der Waals surface area contributed by atoms with Gasteiger partial charge in [-0.1, -0.05) is 34.1 Å². The molecule has 172 valence electrons. The summed E-state index contributed by atoms with van der Waals surface area (Å²) in [5, 5.41) is 26.3. The molecule has 0 aromatic heterocycles. The Hall–Kier alpha value is -2.36. The van der Waals surface area contributed by atoms with Gasteiger partial charge in [0, 0.05) is 13.5 Å². The minimum Gasteiger partial charge on any atom is -0.371 e. The summed E-state index contributed by atoms with van der Waals surface area (Å²) in [6, 6.07) is -2.14. The largest absolute Gasteiger partial charge is 0.371 e. The van der Waals surface area contributed by atoms with Gasteiger partial charge in [-0.15, -0.1) is 0 Å². The standard InChI is InChI=1S/C20H38N6O4/c1-6-12(4)16(25-17(28)15(10-11(2)3)23-13(5)27)18(29)24-14-8-7-9-26(19(14)30)20(21)22/h11-12,14-16,19,30H,6-10H2,1-5H3,(H3,21,22)(H,23,27)(H,24,29)(H,25,28)/t12-,14-,15-,16-,19?/m0/s1. The fraction of sp³-hybridized carbons (Fsp3) is 0.800. The van der Waals surface area contributed by atoms with Gasteiger partial charge in [0.15, 0.2) is 5.96 Å². The van der Waals surface area contributed by atoms with E-state index in [4.69, 9.17) is 11.1 Å². The summed E-state index contributed by atoms with van der Waals surface area (Å²) in [4.78, 5) is 38.7. The van der Waals surface area contributed by atoms with Crippen molar-refractivity contribution >= 4 is 23.7 Å². The maximum absolute atomic E-state index is 13.0. The van der Waals surface area contributed by atoms with Crippen molar-refractivity contribution in [1.82, 2.24) is 20.9 Å². The van der Waals surface area contributed by atoms with E-state index in [1.54, 1.807) is 0 Å². The van der Waals surface area contributed by atoms with E-state index in [0.717, 1.165) is 0 Å². The van der Waals surface area contributed by atoms with Crippen LogP contribution in [0.25, 0.3) is 0 Å². The molecule has 10 heteroatoms. The summed E-state index contributed by atoms with van der Waals surface area (Å²) in [5.41, 5.74) is 5.50. The van der Waals surface area contributed by atoms with Gasteiger partial charge < -0.3 is 31.7 Å². The molecule has 0 saturated carbocycles. The normalized spacial score (nSPS) is 22.0. The van der Waals surface area contributed by atoms with E-state index >= 15 is 0 Å². The van der Waals surface area contributed by atoms with E-state index in [9.17, 15) is 19.5 Å². The lowest BCUT2D eigenvalue weighted by Crippen LogP contribution is -2.62. The highest BCUT2D eigenvalue weighted by Gasteiger charge is 2.35. The Morgan fingerprint density at radius 2 is 1.83 bits per heavy atom. The first-order valence-corrected chi connectivity index (χ1v) is 10.6. The summed E-state index contributed by atoms with van der Waals surface area (Å²) in [7, 11) is 0. The fourth-order valence-corrected chi connectivity index (χ4v) is 3.57. The van der Waals surface area contributed by atoms with Crippen molar-refractivity contribution in [3.05, 3.63) is 0 Å². The van der Waals surface area contributed by atoms with Gasteiger partial charge in [-0.05, 0) is 31.1 Å². The molecule has 1 aliphatic heterocycles. The molecule has 0 aromatic carbocycles. The van der Waals surface area contributed by atoms with Crippen LogP contribution in [0.5, 0.6) is 0 Å². The van der Waals surface area contributed by atoms with Gasteiger partial charge in [-0.25, -0.2) is 0 Å². The van der Waals surface area contributed by atoms with Crippen LogP contribution in [0.15, 0.2) is 0 Å². The molecule has 1 aliphatic rings. The van der Waals surface area contributed by atoms with Gasteiger partial charge in [0.25, 0.3) is 0 Å². The smallest absolute Gasteiger partial charge is 0.243 e. The first kappa shape index (κ1) is 25.7. The van der Waals surface area contributed by atoms with Crippen molar-refractivity contribution in [2.45, 2.75) is 84.7 Å². The van der Waals surface area contributed by atoms with Gasteiger partial charge in [0.05, 0.1) is 6.04 Å². The molecule has 0 radical (unpaired) electrons. The number of nitrogens with zero attached hydrogens (tertiary/aromatic N) is 1. The van der Waals surface area contributed by atoms with Gasteiger partial charge in [0.1, 0.15) is 18.3 Å². The Morgan fingerprint density at radius 3 is 2.33 bits per heavy atom. The highest BCUT2D eigenvalue weighted by atomic mass is 16.3. The quantitative estimate of drug-likeness (QED) is 0.222. The molecule has 3 amide bonds. The maximum Gasteiger partial charge on any atom is 0.243 e. The Balaban J connectivity index is 2.91. The minimum atomic E-state index is -1.10. The summed E-state index contributed by atoms with van der Waals surface area (Å²) in [5.74, 6) is -1.35. The summed E-state index contributed by atoms with van der Waals surface area (Å²) < 4.78 is 0. The highest BCUT2D eigenvalue weighted by Crippen LogP contribution is 2.17. The van der Waals surface area contributed by atoms with E-state index in [2.05, 4.69) is 16.0 Å². The van der Waals surface area contributed by atoms with Crippen molar-refractivity contribution < 1.29 is 19.5 Å². The molecule has 10 nitrogen and oxygen atoms in total. The number of nitrogens with one attached hydrogen (secondary N) is 4. The number of aliphatic hydroxyl groups excluding tert-OH is 1. The molecule has 0 aliphatic carbocycles. The summed E-state index contributed by atoms with van der Waals surface area (Å²) in [6.07, 6.45) is 1.22. The van der Waals surface area contributed by atoms with E-state index in [1.807, 2.05) is 27.7 Å². The number of likely N-dealkylation sites (tertiary alicyclic amines) is 1. The number of amides is 3. The van der Waals surface area contributed by atoms with E-state index < -0.39 is 36.2 Å². The third kappa shape index (κ3) is 7.47. The molecule has 5 atom stereocenters. The molecule has 30 heavy (non-hydrogen) atoms. The molecule has 1 heterocycles.